The third-order valence-corrected chi connectivity index (χ3v) is 3.78. The van der Waals surface area contributed by atoms with Crippen molar-refractivity contribution in [3.8, 4) is 0 Å². The summed E-state index contributed by atoms with van der Waals surface area (Å²) in [6, 6.07) is 6.41. The van der Waals surface area contributed by atoms with Crippen molar-refractivity contribution in [2.45, 2.75) is 38.7 Å². The summed E-state index contributed by atoms with van der Waals surface area (Å²) in [6.45, 7) is 9.15. The molecule has 1 aromatic carbocycles. The molecule has 0 bridgehead atoms. The number of benzene rings is 1. The fourth-order valence-electron chi connectivity index (χ4n) is 2.40. The van der Waals surface area contributed by atoms with Crippen LogP contribution in [0, 0.1) is 13.8 Å². The second-order valence-corrected chi connectivity index (χ2v) is 5.45. The van der Waals surface area contributed by atoms with Gasteiger partial charge in [0.1, 0.15) is 0 Å². The molecule has 1 aromatic rings. The van der Waals surface area contributed by atoms with Gasteiger partial charge in [-0.15, -0.1) is 0 Å². The molecule has 2 rings (SSSR count). The van der Waals surface area contributed by atoms with Crippen LogP contribution in [0.15, 0.2) is 18.2 Å². The Morgan fingerprint density at radius 1 is 1.25 bits per heavy atom. The van der Waals surface area contributed by atoms with Crippen LogP contribution in [0.2, 0.25) is 0 Å². The number of rotatable bonds is 2. The highest BCUT2D eigenvalue weighted by atomic mass is 16.5. The van der Waals surface area contributed by atoms with Crippen LogP contribution in [0.25, 0.3) is 0 Å². The van der Waals surface area contributed by atoms with E-state index in [0.29, 0.717) is 13.2 Å². The van der Waals surface area contributed by atoms with E-state index < -0.39 is 5.60 Å². The van der Waals surface area contributed by atoms with Crippen molar-refractivity contribution >= 4 is 0 Å². The van der Waals surface area contributed by atoms with Crippen molar-refractivity contribution in [2.24, 2.45) is 0 Å². The van der Waals surface area contributed by atoms with Gasteiger partial charge in [-0.05, 0) is 38.8 Å². The maximum absolute atomic E-state index is 10.4. The largest absolute Gasteiger partial charge is 0.389 e. The molecule has 16 heavy (non-hydrogen) atoms. The second kappa shape index (κ2) is 3.57. The van der Waals surface area contributed by atoms with E-state index in [4.69, 9.17) is 4.74 Å². The summed E-state index contributed by atoms with van der Waals surface area (Å²) in [6.07, 6.45) is 0. The molecule has 0 atom stereocenters. The zero-order chi connectivity index (χ0) is 12.0. The van der Waals surface area contributed by atoms with E-state index in [9.17, 15) is 5.11 Å². The van der Waals surface area contributed by atoms with Crippen LogP contribution < -0.4 is 0 Å². The van der Waals surface area contributed by atoms with Crippen molar-refractivity contribution in [1.29, 1.82) is 0 Å². The molecule has 1 aliphatic rings. The van der Waals surface area contributed by atoms with Gasteiger partial charge in [0.2, 0.25) is 0 Å². The molecule has 0 spiro atoms. The lowest BCUT2D eigenvalue weighted by Crippen LogP contribution is -2.60. The van der Waals surface area contributed by atoms with Gasteiger partial charge in [-0.3, -0.25) is 0 Å². The number of ether oxygens (including phenoxy) is 1. The minimum Gasteiger partial charge on any atom is -0.389 e. The molecule has 0 saturated carbocycles. The molecular formula is C14H20O2. The van der Waals surface area contributed by atoms with Gasteiger partial charge in [0.25, 0.3) is 0 Å². The monoisotopic (exact) mass is 220 g/mol. The van der Waals surface area contributed by atoms with Gasteiger partial charge in [-0.2, -0.15) is 0 Å². The van der Waals surface area contributed by atoms with Gasteiger partial charge < -0.3 is 9.84 Å². The van der Waals surface area contributed by atoms with Gasteiger partial charge in [0.15, 0.2) is 0 Å². The van der Waals surface area contributed by atoms with Crippen molar-refractivity contribution in [3.05, 3.63) is 34.9 Å². The average molecular weight is 220 g/mol. The van der Waals surface area contributed by atoms with Crippen LogP contribution in [0.4, 0.5) is 0 Å². The average Bonchev–Trinajstić information content (AvgIpc) is 2.06. The Labute approximate surface area is 97.3 Å². The Kier molecular flexibility index (Phi) is 2.59. The van der Waals surface area contributed by atoms with Gasteiger partial charge >= 0.3 is 0 Å². The first-order valence-corrected chi connectivity index (χ1v) is 5.75. The summed E-state index contributed by atoms with van der Waals surface area (Å²) in [5, 5.41) is 10.4. The zero-order valence-electron chi connectivity index (χ0n) is 10.5. The minimum absolute atomic E-state index is 0.233. The molecule has 0 unspecified atom stereocenters. The summed E-state index contributed by atoms with van der Waals surface area (Å²) >= 11 is 0. The predicted octanol–water partition coefficient (Wildman–Crippen LogP) is 2.34. The highest BCUT2D eigenvalue weighted by Crippen LogP contribution is 2.43. The van der Waals surface area contributed by atoms with E-state index in [0.717, 1.165) is 0 Å². The summed E-state index contributed by atoms with van der Waals surface area (Å²) in [7, 11) is 0. The van der Waals surface area contributed by atoms with Crippen LogP contribution in [-0.2, 0) is 10.2 Å². The first-order chi connectivity index (χ1) is 7.37. The van der Waals surface area contributed by atoms with Crippen LogP contribution in [0.1, 0.15) is 30.5 Å². The Hall–Kier alpha value is -0.860. The molecule has 2 heteroatoms. The number of aryl methyl sites for hydroxylation is 2. The van der Waals surface area contributed by atoms with Crippen LogP contribution in [-0.4, -0.2) is 23.9 Å². The number of hydrogen-bond acceptors (Lipinski definition) is 2. The maximum atomic E-state index is 10.4. The molecule has 2 nitrogen and oxygen atoms in total. The van der Waals surface area contributed by atoms with Crippen molar-refractivity contribution in [3.63, 3.8) is 0 Å². The molecule has 1 aliphatic heterocycles. The van der Waals surface area contributed by atoms with Crippen molar-refractivity contribution in [2.75, 3.05) is 13.2 Å². The van der Waals surface area contributed by atoms with Crippen molar-refractivity contribution < 1.29 is 9.84 Å². The van der Waals surface area contributed by atoms with E-state index >= 15 is 0 Å². The van der Waals surface area contributed by atoms with Crippen molar-refractivity contribution in [1.82, 2.24) is 0 Å². The molecule has 1 fully saturated rings. The van der Waals surface area contributed by atoms with E-state index in [1.807, 2.05) is 13.8 Å². The third-order valence-electron chi connectivity index (χ3n) is 3.78. The number of hydrogen-bond donors (Lipinski definition) is 1. The smallest absolute Gasteiger partial charge is 0.0732 e. The molecule has 1 N–H and O–H groups in total. The Morgan fingerprint density at radius 3 is 2.31 bits per heavy atom. The first kappa shape index (κ1) is 11.6. The molecule has 1 heterocycles. The quantitative estimate of drug-likeness (QED) is 0.829. The van der Waals surface area contributed by atoms with Crippen LogP contribution in [0.5, 0.6) is 0 Å². The Morgan fingerprint density at radius 2 is 1.88 bits per heavy atom. The normalized spacial score (nSPS) is 19.3. The second-order valence-electron chi connectivity index (χ2n) is 5.45. The highest BCUT2D eigenvalue weighted by Gasteiger charge is 2.52. The summed E-state index contributed by atoms with van der Waals surface area (Å²) < 4.78 is 5.35. The van der Waals surface area contributed by atoms with E-state index in [-0.39, 0.29) is 5.41 Å². The molecular weight excluding hydrogens is 200 g/mol. The van der Waals surface area contributed by atoms with Crippen LogP contribution in [0.3, 0.4) is 0 Å². The fourth-order valence-corrected chi connectivity index (χ4v) is 2.40. The zero-order valence-corrected chi connectivity index (χ0v) is 10.5. The minimum atomic E-state index is -0.746. The summed E-state index contributed by atoms with van der Waals surface area (Å²) in [5.41, 5.74) is 2.71. The lowest BCUT2D eigenvalue weighted by molar-refractivity contribution is -0.157. The highest BCUT2D eigenvalue weighted by molar-refractivity contribution is 5.40. The third kappa shape index (κ3) is 1.57. The van der Waals surface area contributed by atoms with E-state index in [1.165, 1.54) is 16.7 Å². The van der Waals surface area contributed by atoms with Gasteiger partial charge in [-0.25, -0.2) is 0 Å². The first-order valence-electron chi connectivity index (χ1n) is 5.75. The van der Waals surface area contributed by atoms with Gasteiger partial charge in [0.05, 0.1) is 24.2 Å². The molecule has 0 aliphatic carbocycles. The summed E-state index contributed by atoms with van der Waals surface area (Å²) in [4.78, 5) is 0. The summed E-state index contributed by atoms with van der Waals surface area (Å²) in [5.74, 6) is 0. The van der Waals surface area contributed by atoms with Crippen LogP contribution >= 0.6 is 0 Å². The topological polar surface area (TPSA) is 29.5 Å². The molecule has 88 valence electrons. The molecule has 0 aromatic heterocycles. The van der Waals surface area contributed by atoms with E-state index in [2.05, 4.69) is 32.0 Å². The lowest BCUT2D eigenvalue weighted by atomic mass is 9.66. The molecule has 0 amide bonds. The van der Waals surface area contributed by atoms with E-state index in [1.54, 1.807) is 0 Å². The molecule has 1 saturated heterocycles. The van der Waals surface area contributed by atoms with Gasteiger partial charge in [0, 0.05) is 0 Å². The maximum Gasteiger partial charge on any atom is 0.0732 e. The predicted molar refractivity (Wildman–Crippen MR) is 64.7 cm³/mol. The lowest BCUT2D eigenvalue weighted by Gasteiger charge is -2.50. The Balaban J connectivity index is 2.53. The standard InChI is InChI=1S/C14H20O2/c1-10-5-6-11(2)12(7-10)14(8-16-9-14)13(3,4)15/h5-7,15H,8-9H2,1-4H3. The SMILES string of the molecule is Cc1ccc(C)c(C2(C(C)(C)O)COC2)c1. The fraction of sp³-hybridized carbons (Fsp3) is 0.571. The number of aliphatic hydroxyl groups is 1. The van der Waals surface area contributed by atoms with Gasteiger partial charge in [-0.1, -0.05) is 23.8 Å². The molecule has 0 radical (unpaired) electrons. The Bertz CT molecular complexity index is 398.